The van der Waals surface area contributed by atoms with Gasteiger partial charge in [0.1, 0.15) is 5.75 Å². The Kier molecular flexibility index (Phi) is 4.29. The van der Waals surface area contributed by atoms with Crippen LogP contribution in [-0.2, 0) is 5.41 Å². The fourth-order valence-corrected chi connectivity index (χ4v) is 3.23. The average Bonchev–Trinajstić information content (AvgIpc) is 3.30. The van der Waals surface area contributed by atoms with Gasteiger partial charge in [-0.25, -0.2) is 0 Å². The van der Waals surface area contributed by atoms with Gasteiger partial charge in [0.25, 0.3) is 0 Å². The van der Waals surface area contributed by atoms with Gasteiger partial charge in [-0.15, -0.1) is 0 Å². The summed E-state index contributed by atoms with van der Waals surface area (Å²) in [5.74, 6) is 0.794. The molecule has 128 valence electrons. The number of carbonyl (C=O) groups is 1. The van der Waals surface area contributed by atoms with Crippen molar-refractivity contribution in [3.63, 3.8) is 0 Å². The Bertz CT molecular complexity index is 743. The topological polar surface area (TPSA) is 31.2 Å². The summed E-state index contributed by atoms with van der Waals surface area (Å²) in [4.78, 5) is 12.5. The molecule has 1 heterocycles. The van der Waals surface area contributed by atoms with Crippen LogP contribution in [0.15, 0.2) is 30.3 Å². The molecule has 0 unspecified atom stereocenters. The van der Waals surface area contributed by atoms with E-state index in [0.29, 0.717) is 6.04 Å². The first-order valence-corrected chi connectivity index (χ1v) is 8.72. The van der Waals surface area contributed by atoms with Gasteiger partial charge in [-0.3, -0.25) is 4.79 Å². The summed E-state index contributed by atoms with van der Waals surface area (Å²) in [5.41, 5.74) is 4.42. The van der Waals surface area contributed by atoms with Crippen molar-refractivity contribution in [2.45, 2.75) is 58.9 Å². The maximum atomic E-state index is 12.5. The van der Waals surface area contributed by atoms with Gasteiger partial charge >= 0.3 is 0 Å². The molecule has 1 aliphatic rings. The minimum atomic E-state index is 0.0508. The Morgan fingerprint density at radius 3 is 2.33 bits per heavy atom. The largest absolute Gasteiger partial charge is 0.485 e. The number of benzene rings is 1. The lowest BCUT2D eigenvalue weighted by molar-refractivity contribution is 0.0920. The number of nitrogens with zero attached hydrogens (tertiary/aromatic N) is 1. The number of ketones is 1. The van der Waals surface area contributed by atoms with Crippen LogP contribution in [0.3, 0.4) is 0 Å². The highest BCUT2D eigenvalue weighted by atomic mass is 16.5. The number of ether oxygens (including phenoxy) is 1. The number of carbonyl (C=O) groups excluding carboxylic acids is 1. The number of hydrogen-bond donors (Lipinski definition) is 0. The first kappa shape index (κ1) is 16.8. The van der Waals surface area contributed by atoms with Crippen LogP contribution in [-0.4, -0.2) is 17.0 Å². The third-order valence-electron chi connectivity index (χ3n) is 4.79. The zero-order chi connectivity index (χ0) is 17.5. The third-order valence-corrected chi connectivity index (χ3v) is 4.79. The predicted octanol–water partition coefficient (Wildman–Crippen LogP) is 5.00. The van der Waals surface area contributed by atoms with Crippen molar-refractivity contribution in [2.75, 3.05) is 6.61 Å². The maximum absolute atomic E-state index is 12.5. The number of hydrogen-bond acceptors (Lipinski definition) is 2. The molecule has 0 bridgehead atoms. The lowest BCUT2D eigenvalue weighted by Crippen LogP contribution is -2.13. The minimum Gasteiger partial charge on any atom is -0.485 e. The van der Waals surface area contributed by atoms with Crippen molar-refractivity contribution in [1.82, 2.24) is 4.57 Å². The van der Waals surface area contributed by atoms with E-state index < -0.39 is 0 Å². The molecular formula is C21H27NO2. The monoisotopic (exact) mass is 325 g/mol. The molecule has 2 aromatic rings. The van der Waals surface area contributed by atoms with Crippen LogP contribution in [0.5, 0.6) is 5.75 Å². The molecule has 3 heteroatoms. The van der Waals surface area contributed by atoms with Crippen LogP contribution in [0.2, 0.25) is 0 Å². The van der Waals surface area contributed by atoms with Gasteiger partial charge in [0, 0.05) is 23.0 Å². The van der Waals surface area contributed by atoms with E-state index in [-0.39, 0.29) is 17.8 Å². The molecule has 1 fully saturated rings. The molecule has 0 saturated heterocycles. The van der Waals surface area contributed by atoms with Crippen LogP contribution < -0.4 is 4.74 Å². The van der Waals surface area contributed by atoms with E-state index in [9.17, 15) is 4.79 Å². The summed E-state index contributed by atoms with van der Waals surface area (Å²) in [7, 11) is 0. The summed E-state index contributed by atoms with van der Waals surface area (Å²) in [6.45, 7) is 10.8. The molecular weight excluding hydrogens is 298 g/mol. The Labute approximate surface area is 144 Å². The summed E-state index contributed by atoms with van der Waals surface area (Å²) < 4.78 is 8.01. The average molecular weight is 325 g/mol. The molecule has 0 atom stereocenters. The second kappa shape index (κ2) is 6.12. The fraction of sp³-hybridized carbons (Fsp3) is 0.476. The lowest BCUT2D eigenvalue weighted by Gasteiger charge is -2.19. The molecule has 0 N–H and O–H groups in total. The van der Waals surface area contributed by atoms with Gasteiger partial charge in [-0.1, -0.05) is 32.9 Å². The standard InChI is InChI=1S/C21H27NO2/c1-14-12-19(15(2)22(14)17-8-9-17)20(23)13-24-18-10-6-16(7-11-18)21(3,4)5/h6-7,10-12,17H,8-9,13H2,1-5H3. The summed E-state index contributed by atoms with van der Waals surface area (Å²) in [5, 5.41) is 0. The molecule has 1 aromatic carbocycles. The van der Waals surface area contributed by atoms with Crippen LogP contribution in [0, 0.1) is 13.8 Å². The molecule has 1 saturated carbocycles. The lowest BCUT2D eigenvalue weighted by atomic mass is 9.87. The number of aromatic nitrogens is 1. The van der Waals surface area contributed by atoms with Gasteiger partial charge < -0.3 is 9.30 Å². The van der Waals surface area contributed by atoms with Crippen molar-refractivity contribution in [2.24, 2.45) is 0 Å². The van der Waals surface area contributed by atoms with Crippen LogP contribution in [0.25, 0.3) is 0 Å². The first-order chi connectivity index (χ1) is 11.3. The molecule has 3 nitrogen and oxygen atoms in total. The van der Waals surface area contributed by atoms with Crippen LogP contribution in [0.4, 0.5) is 0 Å². The van der Waals surface area contributed by atoms with E-state index in [4.69, 9.17) is 4.74 Å². The van der Waals surface area contributed by atoms with Crippen molar-refractivity contribution in [1.29, 1.82) is 0 Å². The highest BCUT2D eigenvalue weighted by Gasteiger charge is 2.28. The summed E-state index contributed by atoms with van der Waals surface area (Å²) in [6.07, 6.45) is 2.45. The first-order valence-electron chi connectivity index (χ1n) is 8.72. The van der Waals surface area contributed by atoms with Crippen molar-refractivity contribution in [3.05, 3.63) is 52.8 Å². The van der Waals surface area contributed by atoms with Crippen molar-refractivity contribution in [3.8, 4) is 5.75 Å². The SMILES string of the molecule is Cc1cc(C(=O)COc2ccc(C(C)(C)C)cc2)c(C)n1C1CC1. The van der Waals surface area contributed by atoms with Gasteiger partial charge in [-0.2, -0.15) is 0 Å². The predicted molar refractivity (Wildman–Crippen MR) is 97.1 cm³/mol. The van der Waals surface area contributed by atoms with Gasteiger partial charge in [-0.05, 0) is 55.9 Å². The molecule has 1 aliphatic carbocycles. The van der Waals surface area contributed by atoms with Crippen molar-refractivity contribution < 1.29 is 9.53 Å². The quantitative estimate of drug-likeness (QED) is 0.724. The van der Waals surface area contributed by atoms with Gasteiger partial charge in [0.05, 0.1) is 0 Å². The van der Waals surface area contributed by atoms with Gasteiger partial charge in [0.15, 0.2) is 6.61 Å². The molecule has 0 radical (unpaired) electrons. The Morgan fingerprint density at radius 1 is 1.17 bits per heavy atom. The summed E-state index contributed by atoms with van der Waals surface area (Å²) in [6, 6.07) is 10.6. The molecule has 3 rings (SSSR count). The normalized spacial score (nSPS) is 14.7. The Morgan fingerprint density at radius 2 is 1.79 bits per heavy atom. The van der Waals surface area contributed by atoms with E-state index in [1.165, 1.54) is 24.1 Å². The second-order valence-corrected chi connectivity index (χ2v) is 7.87. The van der Waals surface area contributed by atoms with Crippen molar-refractivity contribution >= 4 is 5.78 Å². The summed E-state index contributed by atoms with van der Waals surface area (Å²) >= 11 is 0. The van der Waals surface area contributed by atoms with E-state index >= 15 is 0 Å². The Hall–Kier alpha value is -2.03. The van der Waals surface area contributed by atoms with E-state index in [1.54, 1.807) is 0 Å². The Balaban J connectivity index is 1.67. The van der Waals surface area contributed by atoms with E-state index in [0.717, 1.165) is 17.0 Å². The number of Topliss-reactive ketones (excluding diaryl/α,β-unsaturated/α-hetero) is 1. The maximum Gasteiger partial charge on any atom is 0.202 e. The van der Waals surface area contributed by atoms with Crippen LogP contribution in [0.1, 0.15) is 67.0 Å². The highest BCUT2D eigenvalue weighted by Crippen LogP contribution is 2.38. The van der Waals surface area contributed by atoms with Crippen LogP contribution >= 0.6 is 0 Å². The molecule has 1 aromatic heterocycles. The second-order valence-electron chi connectivity index (χ2n) is 7.87. The zero-order valence-corrected chi connectivity index (χ0v) is 15.3. The molecule has 24 heavy (non-hydrogen) atoms. The number of aryl methyl sites for hydroxylation is 1. The molecule has 0 spiro atoms. The van der Waals surface area contributed by atoms with Gasteiger partial charge in [0.2, 0.25) is 5.78 Å². The number of rotatable bonds is 5. The third kappa shape index (κ3) is 3.40. The molecule has 0 amide bonds. The van der Waals surface area contributed by atoms with E-state index in [2.05, 4.69) is 44.4 Å². The van der Waals surface area contributed by atoms with E-state index in [1.807, 2.05) is 25.1 Å². The highest BCUT2D eigenvalue weighted by molar-refractivity contribution is 5.98. The zero-order valence-electron chi connectivity index (χ0n) is 15.3. The molecule has 0 aliphatic heterocycles. The minimum absolute atomic E-state index is 0.0508. The smallest absolute Gasteiger partial charge is 0.202 e. The fourth-order valence-electron chi connectivity index (χ4n) is 3.23.